The summed E-state index contributed by atoms with van der Waals surface area (Å²) < 4.78 is 32.8. The van der Waals surface area contributed by atoms with Crippen LogP contribution in [0.2, 0.25) is 0 Å². The molecule has 4 rings (SSSR count). The first-order valence-corrected chi connectivity index (χ1v) is 11.6. The summed E-state index contributed by atoms with van der Waals surface area (Å²) in [5.74, 6) is -1.60. The van der Waals surface area contributed by atoms with Crippen molar-refractivity contribution >= 4 is 23.2 Å². The van der Waals surface area contributed by atoms with Crippen LogP contribution in [0.25, 0.3) is 0 Å². The van der Waals surface area contributed by atoms with Gasteiger partial charge in [0.2, 0.25) is 5.91 Å². The summed E-state index contributed by atoms with van der Waals surface area (Å²) >= 11 is 0. The molecule has 2 aromatic rings. The van der Waals surface area contributed by atoms with Crippen molar-refractivity contribution in [2.75, 3.05) is 63.2 Å². The maximum Gasteiger partial charge on any atom is 0.251 e. The van der Waals surface area contributed by atoms with Crippen LogP contribution in [-0.4, -0.2) is 81.4 Å². The Kier molecular flexibility index (Phi) is 7.51. The molecule has 2 aliphatic heterocycles. The molecular weight excluding hydrogens is 458 g/mol. The lowest BCUT2D eigenvalue weighted by Crippen LogP contribution is -2.49. The molecule has 2 aromatic carbocycles. The molecule has 0 radical (unpaired) electrons. The van der Waals surface area contributed by atoms with Crippen LogP contribution >= 0.6 is 0 Å². The number of aliphatic hydroxyl groups is 1. The number of carbonyl (C=O) groups is 2. The van der Waals surface area contributed by atoms with E-state index < -0.39 is 17.7 Å². The minimum atomic E-state index is -0.733. The Bertz CT molecular complexity index is 1110. The fraction of sp³-hybridized carbons (Fsp3) is 0.440. The maximum atomic E-state index is 14.0. The molecule has 0 aliphatic carbocycles. The molecule has 1 fully saturated rings. The van der Waals surface area contributed by atoms with E-state index in [1.807, 2.05) is 4.90 Å². The third-order valence-corrected chi connectivity index (χ3v) is 6.56. The first kappa shape index (κ1) is 24.9. The number of likely N-dealkylation sites (N-methyl/N-ethyl adjacent to an activating group) is 1. The van der Waals surface area contributed by atoms with E-state index in [0.717, 1.165) is 17.3 Å². The van der Waals surface area contributed by atoms with Gasteiger partial charge < -0.3 is 25.0 Å². The highest BCUT2D eigenvalue weighted by Gasteiger charge is 2.26. The number of anilines is 2. The lowest BCUT2D eigenvalue weighted by atomic mass is 10.1. The van der Waals surface area contributed by atoms with Crippen molar-refractivity contribution < 1.29 is 28.2 Å². The van der Waals surface area contributed by atoms with E-state index in [1.165, 1.54) is 13.2 Å². The van der Waals surface area contributed by atoms with Gasteiger partial charge in [0.25, 0.3) is 5.91 Å². The van der Waals surface area contributed by atoms with E-state index in [9.17, 15) is 23.5 Å². The first-order chi connectivity index (χ1) is 16.8. The highest BCUT2D eigenvalue weighted by atomic mass is 19.1. The van der Waals surface area contributed by atoms with Crippen LogP contribution in [0.5, 0.6) is 5.75 Å². The molecule has 8 nitrogen and oxygen atoms in total. The zero-order valence-electron chi connectivity index (χ0n) is 19.9. The number of benzene rings is 2. The van der Waals surface area contributed by atoms with Crippen LogP contribution in [0.1, 0.15) is 22.3 Å². The van der Waals surface area contributed by atoms with E-state index in [2.05, 4.69) is 10.2 Å². The second-order valence-electron chi connectivity index (χ2n) is 8.90. The molecular formula is C25H30F2N4O4. The monoisotopic (exact) mass is 488 g/mol. The predicted octanol–water partition coefficient (Wildman–Crippen LogP) is 1.80. The van der Waals surface area contributed by atoms with Gasteiger partial charge in [-0.3, -0.25) is 14.5 Å². The number of β-amino-alcohol motifs (C(OH)–C–C–N with tert-alkyl or cyclic N) is 1. The maximum absolute atomic E-state index is 14.0. The predicted molar refractivity (Wildman–Crippen MR) is 128 cm³/mol. The Balaban J connectivity index is 1.21. The summed E-state index contributed by atoms with van der Waals surface area (Å²) in [6.07, 6.45) is 0.0512. The molecule has 2 N–H and O–H groups in total. The molecule has 0 saturated carbocycles. The molecule has 188 valence electrons. The van der Waals surface area contributed by atoms with Gasteiger partial charge in [-0.1, -0.05) is 0 Å². The topological polar surface area (TPSA) is 85.3 Å². The molecule has 1 saturated heterocycles. The van der Waals surface area contributed by atoms with Gasteiger partial charge in [-0.05, 0) is 30.2 Å². The number of fused-ring (bicyclic) bond motifs is 1. The number of carbonyl (C=O) groups excluding carboxylic acids is 2. The molecule has 2 heterocycles. The molecule has 2 amide bonds. The van der Waals surface area contributed by atoms with Gasteiger partial charge in [-0.2, -0.15) is 0 Å². The average molecular weight is 489 g/mol. The van der Waals surface area contributed by atoms with Crippen molar-refractivity contribution in [2.45, 2.75) is 18.9 Å². The third-order valence-electron chi connectivity index (χ3n) is 6.56. The normalized spacial score (nSPS) is 16.9. The lowest BCUT2D eigenvalue weighted by Gasteiger charge is -2.37. The van der Waals surface area contributed by atoms with Crippen LogP contribution in [-0.2, 0) is 11.2 Å². The third kappa shape index (κ3) is 5.54. The van der Waals surface area contributed by atoms with E-state index in [4.69, 9.17) is 4.74 Å². The number of hydrogen-bond acceptors (Lipinski definition) is 6. The number of halogens is 2. The first-order valence-electron chi connectivity index (χ1n) is 11.6. The Morgan fingerprint density at radius 3 is 2.60 bits per heavy atom. The Hall–Kier alpha value is -3.24. The van der Waals surface area contributed by atoms with Crippen molar-refractivity contribution in [2.24, 2.45) is 0 Å². The summed E-state index contributed by atoms with van der Waals surface area (Å²) in [7, 11) is 3.07. The molecule has 35 heavy (non-hydrogen) atoms. The van der Waals surface area contributed by atoms with Crippen LogP contribution in [0.15, 0.2) is 30.3 Å². The molecule has 2 aliphatic rings. The fourth-order valence-corrected chi connectivity index (χ4v) is 4.61. The van der Waals surface area contributed by atoms with Gasteiger partial charge >= 0.3 is 0 Å². The number of ether oxygens (including phenoxy) is 1. The molecule has 0 bridgehead atoms. The highest BCUT2D eigenvalue weighted by Crippen LogP contribution is 2.33. The Morgan fingerprint density at radius 2 is 1.89 bits per heavy atom. The SMILES string of the molecule is COc1c(F)cc(F)cc1N1CCN(CC(O)CCNC(=O)c2ccc3c(c2)CC(=O)N3C)CC1. The Morgan fingerprint density at radius 1 is 1.14 bits per heavy atom. The average Bonchev–Trinajstić information content (AvgIpc) is 3.11. The van der Waals surface area contributed by atoms with Crippen molar-refractivity contribution in [3.8, 4) is 5.75 Å². The van der Waals surface area contributed by atoms with E-state index in [1.54, 1.807) is 30.1 Å². The van der Waals surface area contributed by atoms with Crippen molar-refractivity contribution in [1.82, 2.24) is 10.2 Å². The standard InChI is InChI=1S/C25H30F2N4O4/c1-29-21-4-3-16(11-17(21)12-23(29)33)25(34)28-6-5-19(32)15-30-7-9-31(10-8-30)22-14-18(26)13-20(27)24(22)35-2/h3-4,11,13-14,19,32H,5-10,12,15H2,1-2H3,(H,28,34). The summed E-state index contributed by atoms with van der Waals surface area (Å²) in [5.41, 5.74) is 2.53. The number of rotatable bonds is 8. The van der Waals surface area contributed by atoms with Gasteiger partial charge in [-0.25, -0.2) is 8.78 Å². The largest absolute Gasteiger partial charge is 0.492 e. The number of nitrogens with one attached hydrogen (secondary N) is 1. The minimum Gasteiger partial charge on any atom is -0.492 e. The van der Waals surface area contributed by atoms with Gasteiger partial charge in [0.05, 0.1) is 25.3 Å². The highest BCUT2D eigenvalue weighted by molar-refractivity contribution is 6.03. The number of hydrogen-bond donors (Lipinski definition) is 2. The fourth-order valence-electron chi connectivity index (χ4n) is 4.61. The van der Waals surface area contributed by atoms with Gasteiger partial charge in [0.15, 0.2) is 11.6 Å². The van der Waals surface area contributed by atoms with Crippen LogP contribution in [0.4, 0.5) is 20.2 Å². The quantitative estimate of drug-likeness (QED) is 0.590. The number of aliphatic hydroxyl groups excluding tert-OH is 1. The van der Waals surface area contributed by atoms with Crippen molar-refractivity contribution in [3.05, 3.63) is 53.1 Å². The molecule has 10 heteroatoms. The van der Waals surface area contributed by atoms with Crippen LogP contribution in [0.3, 0.4) is 0 Å². The summed E-state index contributed by atoms with van der Waals surface area (Å²) in [5, 5.41) is 13.3. The van der Waals surface area contributed by atoms with Crippen molar-refractivity contribution in [3.63, 3.8) is 0 Å². The molecule has 1 unspecified atom stereocenters. The second-order valence-corrected chi connectivity index (χ2v) is 8.90. The Labute approximate surface area is 203 Å². The summed E-state index contributed by atoms with van der Waals surface area (Å²) in [6, 6.07) is 7.28. The lowest BCUT2D eigenvalue weighted by molar-refractivity contribution is -0.117. The number of nitrogens with zero attached hydrogens (tertiary/aromatic N) is 3. The van der Waals surface area contributed by atoms with Crippen molar-refractivity contribution in [1.29, 1.82) is 0 Å². The zero-order valence-corrected chi connectivity index (χ0v) is 19.9. The van der Waals surface area contributed by atoms with Gasteiger partial charge in [0.1, 0.15) is 5.82 Å². The second kappa shape index (κ2) is 10.6. The number of amides is 2. The van der Waals surface area contributed by atoms with Crippen LogP contribution in [0, 0.1) is 11.6 Å². The minimum absolute atomic E-state index is 0.00347. The zero-order chi connectivity index (χ0) is 25.1. The van der Waals surface area contributed by atoms with E-state index >= 15 is 0 Å². The van der Waals surface area contributed by atoms with E-state index in [-0.39, 0.29) is 17.6 Å². The smallest absolute Gasteiger partial charge is 0.251 e. The van der Waals surface area contributed by atoms with Gasteiger partial charge in [-0.15, -0.1) is 0 Å². The molecule has 1 atom stereocenters. The molecule has 0 spiro atoms. The van der Waals surface area contributed by atoms with E-state index in [0.29, 0.717) is 63.4 Å². The summed E-state index contributed by atoms with van der Waals surface area (Å²) in [4.78, 5) is 29.8. The van der Waals surface area contributed by atoms with Crippen LogP contribution < -0.4 is 19.9 Å². The molecule has 0 aromatic heterocycles. The number of piperazine rings is 1. The van der Waals surface area contributed by atoms with Gasteiger partial charge in [0, 0.05) is 69.7 Å². The summed E-state index contributed by atoms with van der Waals surface area (Å²) in [6.45, 7) is 3.07. The number of methoxy groups -OCH3 is 1.